The van der Waals surface area contributed by atoms with Gasteiger partial charge in [-0.05, 0) is 31.0 Å². The van der Waals surface area contributed by atoms with Crippen molar-refractivity contribution < 1.29 is 14.6 Å². The monoisotopic (exact) mass is 304 g/mol. The molecule has 0 spiro atoms. The van der Waals surface area contributed by atoms with E-state index < -0.39 is 11.6 Å². The van der Waals surface area contributed by atoms with Gasteiger partial charge in [0.1, 0.15) is 0 Å². The van der Waals surface area contributed by atoms with E-state index in [9.17, 15) is 9.90 Å². The number of carbonyl (C=O) groups excluding carboxylic acids is 1. The molecule has 0 bridgehead atoms. The number of hydrogen-bond donors (Lipinski definition) is 1. The maximum absolute atomic E-state index is 11.8. The second-order valence-corrected chi connectivity index (χ2v) is 5.26. The number of aliphatic hydroxyl groups is 1. The highest BCUT2D eigenvalue weighted by Crippen LogP contribution is 2.32. The number of ether oxygens (including phenoxy) is 1. The van der Waals surface area contributed by atoms with Gasteiger partial charge in [-0.1, -0.05) is 54.1 Å². The van der Waals surface area contributed by atoms with Gasteiger partial charge in [0.25, 0.3) is 0 Å². The average Bonchev–Trinajstić information content (AvgIpc) is 2.48. The minimum atomic E-state index is -1.76. The van der Waals surface area contributed by atoms with Crippen molar-refractivity contribution in [3.63, 3.8) is 0 Å². The summed E-state index contributed by atoms with van der Waals surface area (Å²) in [5.74, 6) is -0.709. The third-order valence-corrected chi connectivity index (χ3v) is 3.59. The number of hydrogen-bond acceptors (Lipinski definition) is 3. The van der Waals surface area contributed by atoms with Gasteiger partial charge in [0, 0.05) is 10.6 Å². The number of benzene rings is 2. The molecule has 1 atom stereocenters. The molecule has 3 nitrogen and oxygen atoms in total. The van der Waals surface area contributed by atoms with Gasteiger partial charge in [0.05, 0.1) is 6.61 Å². The van der Waals surface area contributed by atoms with Crippen LogP contribution in [0.2, 0.25) is 5.02 Å². The van der Waals surface area contributed by atoms with Gasteiger partial charge in [-0.2, -0.15) is 0 Å². The smallest absolute Gasteiger partial charge is 0.342 e. The predicted molar refractivity (Wildman–Crippen MR) is 83.1 cm³/mol. The molecule has 0 aliphatic rings. The van der Waals surface area contributed by atoms with Crippen molar-refractivity contribution in [1.82, 2.24) is 0 Å². The molecule has 0 aliphatic heterocycles. The molecular weight excluding hydrogens is 288 g/mol. The minimum absolute atomic E-state index is 0.203. The van der Waals surface area contributed by atoms with Crippen molar-refractivity contribution in [1.29, 1.82) is 0 Å². The maximum Gasteiger partial charge on any atom is 0.342 e. The summed E-state index contributed by atoms with van der Waals surface area (Å²) in [7, 11) is 0. The van der Waals surface area contributed by atoms with Gasteiger partial charge in [0.15, 0.2) is 5.60 Å². The zero-order chi connectivity index (χ0) is 15.5. The lowest BCUT2D eigenvalue weighted by Crippen LogP contribution is -2.34. The van der Waals surface area contributed by atoms with Crippen LogP contribution in [0, 0.1) is 0 Å². The second-order valence-electron chi connectivity index (χ2n) is 4.85. The Hall–Kier alpha value is -1.84. The lowest BCUT2D eigenvalue weighted by molar-refractivity contribution is -0.164. The van der Waals surface area contributed by atoms with Gasteiger partial charge in [-0.15, -0.1) is 0 Å². The summed E-state index contributed by atoms with van der Waals surface area (Å²) in [5.41, 5.74) is 0.510. The first-order valence-electron chi connectivity index (χ1n) is 6.72. The molecule has 110 valence electrons. The van der Waals surface area contributed by atoms with Crippen LogP contribution in [0.1, 0.15) is 19.4 Å². The van der Waals surface area contributed by atoms with Crippen LogP contribution in [0.4, 0.5) is 0 Å². The molecule has 1 N–H and O–H groups in total. The first-order chi connectivity index (χ1) is 9.96. The largest absolute Gasteiger partial charge is 0.464 e. The Kier molecular flexibility index (Phi) is 4.66. The molecule has 4 heteroatoms. The predicted octanol–water partition coefficient (Wildman–Crippen LogP) is 3.78. The van der Waals surface area contributed by atoms with Crippen LogP contribution in [0.15, 0.2) is 48.5 Å². The molecule has 0 fully saturated rings. The van der Waals surface area contributed by atoms with Crippen LogP contribution < -0.4 is 0 Å². The molecule has 0 radical (unpaired) electrons. The molecule has 0 aliphatic carbocycles. The second kappa shape index (κ2) is 6.29. The molecule has 0 heterocycles. The zero-order valence-corrected chi connectivity index (χ0v) is 12.7. The SMILES string of the molecule is CCOC(=O)C(C)(O)c1ccc(-c2ccccc2)cc1Cl. The van der Waals surface area contributed by atoms with E-state index in [1.54, 1.807) is 19.1 Å². The van der Waals surface area contributed by atoms with E-state index in [1.807, 2.05) is 36.4 Å². The highest BCUT2D eigenvalue weighted by atomic mass is 35.5. The Balaban J connectivity index is 2.38. The van der Waals surface area contributed by atoms with Crippen LogP contribution in [0.5, 0.6) is 0 Å². The summed E-state index contributed by atoms with van der Waals surface area (Å²) in [5, 5.41) is 10.7. The van der Waals surface area contributed by atoms with E-state index in [-0.39, 0.29) is 6.61 Å². The Bertz CT molecular complexity index is 636. The Morgan fingerprint density at radius 1 is 1.19 bits per heavy atom. The van der Waals surface area contributed by atoms with Crippen molar-refractivity contribution in [3.05, 3.63) is 59.1 Å². The number of rotatable bonds is 4. The van der Waals surface area contributed by atoms with Crippen LogP contribution in [-0.4, -0.2) is 17.7 Å². The fourth-order valence-corrected chi connectivity index (χ4v) is 2.47. The van der Waals surface area contributed by atoms with E-state index in [4.69, 9.17) is 16.3 Å². The fraction of sp³-hybridized carbons (Fsp3) is 0.235. The minimum Gasteiger partial charge on any atom is -0.464 e. The average molecular weight is 305 g/mol. The van der Waals surface area contributed by atoms with Crippen molar-refractivity contribution in [2.45, 2.75) is 19.4 Å². The molecule has 0 aromatic heterocycles. The van der Waals surface area contributed by atoms with Gasteiger partial charge >= 0.3 is 5.97 Å². The Morgan fingerprint density at radius 2 is 1.86 bits per heavy atom. The van der Waals surface area contributed by atoms with E-state index in [0.717, 1.165) is 11.1 Å². The molecule has 1 unspecified atom stereocenters. The first-order valence-corrected chi connectivity index (χ1v) is 7.09. The third-order valence-electron chi connectivity index (χ3n) is 3.27. The maximum atomic E-state index is 11.8. The van der Waals surface area contributed by atoms with Gasteiger partial charge in [0.2, 0.25) is 0 Å². The first kappa shape index (κ1) is 15.5. The molecule has 2 aromatic carbocycles. The summed E-state index contributed by atoms with van der Waals surface area (Å²) < 4.78 is 4.88. The van der Waals surface area contributed by atoms with Crippen LogP contribution in [0.25, 0.3) is 11.1 Å². The Morgan fingerprint density at radius 3 is 2.43 bits per heavy atom. The highest BCUT2D eigenvalue weighted by Gasteiger charge is 2.36. The van der Waals surface area contributed by atoms with Crippen molar-refractivity contribution in [3.8, 4) is 11.1 Å². The standard InChI is InChI=1S/C17H17ClO3/c1-3-21-16(19)17(2,20)14-10-9-13(11-15(14)18)12-7-5-4-6-8-12/h4-11,20H,3H2,1-2H3. The number of esters is 1. The molecule has 0 saturated carbocycles. The van der Waals surface area contributed by atoms with Crippen molar-refractivity contribution >= 4 is 17.6 Å². The lowest BCUT2D eigenvalue weighted by atomic mass is 9.93. The van der Waals surface area contributed by atoms with E-state index in [0.29, 0.717) is 10.6 Å². The Labute approximate surface area is 129 Å². The summed E-state index contributed by atoms with van der Waals surface area (Å²) in [6.07, 6.45) is 0. The van der Waals surface area contributed by atoms with E-state index in [1.165, 1.54) is 6.92 Å². The lowest BCUT2D eigenvalue weighted by Gasteiger charge is -2.23. The molecule has 0 saturated heterocycles. The summed E-state index contributed by atoms with van der Waals surface area (Å²) in [6.45, 7) is 3.27. The molecular formula is C17H17ClO3. The van der Waals surface area contributed by atoms with Crippen LogP contribution >= 0.6 is 11.6 Å². The zero-order valence-electron chi connectivity index (χ0n) is 12.0. The van der Waals surface area contributed by atoms with Crippen LogP contribution in [0.3, 0.4) is 0 Å². The van der Waals surface area contributed by atoms with Gasteiger partial charge < -0.3 is 9.84 Å². The quantitative estimate of drug-likeness (QED) is 0.874. The topological polar surface area (TPSA) is 46.5 Å². The molecule has 0 amide bonds. The summed E-state index contributed by atoms with van der Waals surface area (Å²) in [4.78, 5) is 11.8. The number of halogens is 1. The molecule has 2 rings (SSSR count). The summed E-state index contributed by atoms with van der Waals surface area (Å²) >= 11 is 6.24. The van der Waals surface area contributed by atoms with Gasteiger partial charge in [-0.3, -0.25) is 0 Å². The normalized spacial score (nSPS) is 13.5. The summed E-state index contributed by atoms with van der Waals surface area (Å²) in [6, 6.07) is 15.0. The van der Waals surface area contributed by atoms with E-state index in [2.05, 4.69) is 0 Å². The number of carbonyl (C=O) groups is 1. The van der Waals surface area contributed by atoms with Crippen molar-refractivity contribution in [2.75, 3.05) is 6.61 Å². The fourth-order valence-electron chi connectivity index (χ4n) is 2.10. The van der Waals surface area contributed by atoms with Crippen molar-refractivity contribution in [2.24, 2.45) is 0 Å². The third kappa shape index (κ3) is 3.26. The van der Waals surface area contributed by atoms with E-state index >= 15 is 0 Å². The van der Waals surface area contributed by atoms with Gasteiger partial charge in [-0.25, -0.2) is 4.79 Å². The molecule has 2 aromatic rings. The highest BCUT2D eigenvalue weighted by molar-refractivity contribution is 6.32. The molecule has 21 heavy (non-hydrogen) atoms. The van der Waals surface area contributed by atoms with Crippen LogP contribution in [-0.2, 0) is 15.1 Å².